The van der Waals surface area contributed by atoms with Gasteiger partial charge in [0.05, 0.1) is 5.54 Å². The Morgan fingerprint density at radius 2 is 1.89 bits per heavy atom. The molecule has 0 unspecified atom stereocenters. The lowest BCUT2D eigenvalue weighted by atomic mass is 9.73. The van der Waals surface area contributed by atoms with Crippen LogP contribution in [0.3, 0.4) is 0 Å². The first-order valence-electron chi connectivity index (χ1n) is 10.1. The van der Waals surface area contributed by atoms with Gasteiger partial charge in [0.1, 0.15) is 0 Å². The topological polar surface area (TPSA) is 28.2 Å². The molecule has 3 heterocycles. The smallest absolute Gasteiger partial charge is 0.0502 e. The fourth-order valence-corrected chi connectivity index (χ4v) is 4.99. The predicted molar refractivity (Wildman–Crippen MR) is 112 cm³/mol. The maximum atomic E-state index is 4.28. The van der Waals surface area contributed by atoms with Gasteiger partial charge in [-0.25, -0.2) is 0 Å². The van der Waals surface area contributed by atoms with Crippen LogP contribution in [0.25, 0.3) is 10.8 Å². The summed E-state index contributed by atoms with van der Waals surface area (Å²) in [6.07, 6.45) is 8.98. The molecule has 2 bridgehead atoms. The van der Waals surface area contributed by atoms with E-state index in [1.165, 1.54) is 53.3 Å². The normalized spacial score (nSPS) is 25.0. The van der Waals surface area contributed by atoms with Crippen molar-refractivity contribution in [3.05, 3.63) is 72.1 Å². The minimum atomic E-state index is 0.191. The van der Waals surface area contributed by atoms with E-state index in [0.717, 1.165) is 19.1 Å². The van der Waals surface area contributed by atoms with E-state index in [0.29, 0.717) is 0 Å². The van der Waals surface area contributed by atoms with Crippen LogP contribution in [0.1, 0.15) is 36.8 Å². The highest BCUT2D eigenvalue weighted by molar-refractivity contribution is 5.93. The zero-order chi connectivity index (χ0) is 18.3. The molecule has 3 aromatic rings. The Labute approximate surface area is 161 Å². The first-order chi connectivity index (χ1) is 13.2. The molecule has 0 atom stereocenters. The van der Waals surface area contributed by atoms with E-state index >= 15 is 0 Å². The van der Waals surface area contributed by atoms with Crippen LogP contribution in [0.15, 0.2) is 60.9 Å². The first-order valence-corrected chi connectivity index (χ1v) is 10.1. The third-order valence-corrected chi connectivity index (χ3v) is 6.52. The van der Waals surface area contributed by atoms with Gasteiger partial charge in [-0.15, -0.1) is 0 Å². The molecule has 3 fully saturated rings. The van der Waals surface area contributed by atoms with E-state index in [2.05, 4.69) is 70.7 Å². The number of aromatic nitrogens is 1. The highest BCUT2D eigenvalue weighted by Crippen LogP contribution is 2.42. The molecule has 0 radical (unpaired) electrons. The van der Waals surface area contributed by atoms with Crippen LogP contribution >= 0.6 is 0 Å². The van der Waals surface area contributed by atoms with Crippen molar-refractivity contribution in [2.45, 2.75) is 50.7 Å². The number of aryl methyl sites for hydroxylation is 1. The lowest BCUT2D eigenvalue weighted by Gasteiger charge is -2.53. The second-order valence-electron chi connectivity index (χ2n) is 8.43. The van der Waals surface area contributed by atoms with Crippen molar-refractivity contribution in [3.8, 4) is 0 Å². The fourth-order valence-electron chi connectivity index (χ4n) is 4.99. The molecule has 138 valence electrons. The van der Waals surface area contributed by atoms with Gasteiger partial charge in [-0.3, -0.25) is 9.88 Å². The molecule has 2 aromatic carbocycles. The molecule has 1 N–H and O–H groups in total. The van der Waals surface area contributed by atoms with Gasteiger partial charge in [-0.1, -0.05) is 42.0 Å². The zero-order valence-electron chi connectivity index (χ0n) is 16.0. The van der Waals surface area contributed by atoms with E-state index in [9.17, 15) is 0 Å². The summed E-state index contributed by atoms with van der Waals surface area (Å²) in [6, 6.07) is 18.4. The molecule has 1 aromatic heterocycles. The van der Waals surface area contributed by atoms with Crippen molar-refractivity contribution in [1.29, 1.82) is 0 Å². The van der Waals surface area contributed by atoms with Gasteiger partial charge >= 0.3 is 0 Å². The summed E-state index contributed by atoms with van der Waals surface area (Å²) in [5, 5.41) is 6.47. The van der Waals surface area contributed by atoms with Crippen molar-refractivity contribution in [2.75, 3.05) is 11.9 Å². The number of pyridine rings is 1. The van der Waals surface area contributed by atoms with Crippen LogP contribution in [-0.4, -0.2) is 28.0 Å². The third-order valence-electron chi connectivity index (χ3n) is 6.52. The van der Waals surface area contributed by atoms with Crippen molar-refractivity contribution < 1.29 is 0 Å². The second kappa shape index (κ2) is 6.65. The molecule has 1 aliphatic carbocycles. The lowest BCUT2D eigenvalue weighted by molar-refractivity contribution is 0.0339. The maximum Gasteiger partial charge on any atom is 0.0502 e. The molecule has 3 aliphatic rings. The molecule has 2 saturated heterocycles. The summed E-state index contributed by atoms with van der Waals surface area (Å²) in [6.45, 7) is 4.35. The number of nitrogens with zero attached hydrogens (tertiary/aromatic N) is 2. The SMILES string of the molecule is Cc1ccc(CN2CC3(Nc4cccc5cnccc45)CCC2CC3)cc1. The summed E-state index contributed by atoms with van der Waals surface area (Å²) in [4.78, 5) is 6.98. The van der Waals surface area contributed by atoms with Gasteiger partial charge in [0.25, 0.3) is 0 Å². The van der Waals surface area contributed by atoms with Crippen LogP contribution in [-0.2, 0) is 6.54 Å². The minimum absolute atomic E-state index is 0.191. The van der Waals surface area contributed by atoms with Gasteiger partial charge in [0, 0.05) is 48.0 Å². The number of rotatable bonds is 4. The van der Waals surface area contributed by atoms with Crippen molar-refractivity contribution in [3.63, 3.8) is 0 Å². The van der Waals surface area contributed by atoms with Gasteiger partial charge in [0.15, 0.2) is 0 Å². The molecule has 3 nitrogen and oxygen atoms in total. The summed E-state index contributed by atoms with van der Waals surface area (Å²) in [5.74, 6) is 0. The molecule has 3 heteroatoms. The van der Waals surface area contributed by atoms with Crippen LogP contribution in [0, 0.1) is 6.92 Å². The third kappa shape index (κ3) is 3.21. The van der Waals surface area contributed by atoms with Crippen molar-refractivity contribution in [1.82, 2.24) is 9.88 Å². The second-order valence-corrected chi connectivity index (χ2v) is 8.43. The fraction of sp³-hybridized carbons (Fsp3) is 0.375. The lowest BCUT2D eigenvalue weighted by Crippen LogP contribution is -2.60. The largest absolute Gasteiger partial charge is 0.378 e. The summed E-state index contributed by atoms with van der Waals surface area (Å²) >= 11 is 0. The average molecular weight is 358 g/mol. The monoisotopic (exact) mass is 357 g/mol. The quantitative estimate of drug-likeness (QED) is 0.700. The van der Waals surface area contributed by atoms with E-state index in [4.69, 9.17) is 0 Å². The highest BCUT2D eigenvalue weighted by Gasteiger charge is 2.44. The standard InChI is InChI=1S/C24H27N3/c1-18-5-7-19(8-6-18)16-27-17-24(12-9-21(27)10-13-24)26-23-4-2-3-20-15-25-14-11-22(20)23/h2-8,11,14-15,21,26H,9-10,12-13,16-17H2,1H3. The van der Waals surface area contributed by atoms with Crippen LogP contribution in [0.4, 0.5) is 5.69 Å². The van der Waals surface area contributed by atoms with E-state index in [-0.39, 0.29) is 5.54 Å². The van der Waals surface area contributed by atoms with Gasteiger partial charge < -0.3 is 5.32 Å². The number of piperidine rings is 2. The molecule has 1 saturated carbocycles. The molecule has 0 amide bonds. The van der Waals surface area contributed by atoms with Gasteiger partial charge in [-0.2, -0.15) is 0 Å². The Balaban J connectivity index is 1.39. The summed E-state index contributed by atoms with van der Waals surface area (Å²) < 4.78 is 0. The van der Waals surface area contributed by atoms with Crippen LogP contribution in [0.2, 0.25) is 0 Å². The van der Waals surface area contributed by atoms with Gasteiger partial charge in [0.2, 0.25) is 0 Å². The molecular weight excluding hydrogens is 330 g/mol. The number of fused-ring (bicyclic) bond motifs is 4. The predicted octanol–water partition coefficient (Wildman–Crippen LogP) is 5.15. The maximum absolute atomic E-state index is 4.28. The van der Waals surface area contributed by atoms with E-state index < -0.39 is 0 Å². The van der Waals surface area contributed by atoms with Crippen molar-refractivity contribution in [2.24, 2.45) is 0 Å². The Morgan fingerprint density at radius 3 is 2.70 bits per heavy atom. The highest BCUT2D eigenvalue weighted by atomic mass is 15.2. The van der Waals surface area contributed by atoms with E-state index in [1.54, 1.807) is 0 Å². The summed E-state index contributed by atoms with van der Waals surface area (Å²) in [7, 11) is 0. The molecule has 27 heavy (non-hydrogen) atoms. The Hall–Kier alpha value is -2.39. The minimum Gasteiger partial charge on any atom is -0.378 e. The molecule has 2 aliphatic heterocycles. The zero-order valence-corrected chi connectivity index (χ0v) is 16.0. The molecule has 0 spiro atoms. The van der Waals surface area contributed by atoms with Crippen molar-refractivity contribution >= 4 is 16.5 Å². The average Bonchev–Trinajstić information content (AvgIpc) is 2.71. The van der Waals surface area contributed by atoms with Crippen LogP contribution < -0.4 is 5.32 Å². The Bertz CT molecular complexity index is 934. The number of hydrogen-bond acceptors (Lipinski definition) is 3. The number of anilines is 1. The number of benzene rings is 2. The summed E-state index contributed by atoms with van der Waals surface area (Å²) in [5.41, 5.74) is 4.21. The van der Waals surface area contributed by atoms with E-state index in [1.807, 2.05) is 12.4 Å². The first kappa shape index (κ1) is 16.8. The number of hydrogen-bond donors (Lipinski definition) is 1. The Morgan fingerprint density at radius 1 is 1.07 bits per heavy atom. The van der Waals surface area contributed by atoms with Gasteiger partial charge in [-0.05, 0) is 50.3 Å². The molecular formula is C24H27N3. The Kier molecular flexibility index (Phi) is 4.13. The molecule has 6 rings (SSSR count). The van der Waals surface area contributed by atoms with Crippen LogP contribution in [0.5, 0.6) is 0 Å². The number of nitrogens with one attached hydrogen (secondary N) is 1.